The van der Waals surface area contributed by atoms with Crippen LogP contribution in [0.2, 0.25) is 0 Å². The minimum Gasteiger partial charge on any atom is -0.396 e. The number of aryl methyl sites for hydroxylation is 1. The predicted octanol–water partition coefficient (Wildman–Crippen LogP) is 2.74. The van der Waals surface area contributed by atoms with Gasteiger partial charge in [0.15, 0.2) is 0 Å². The molecule has 1 aromatic heterocycles. The van der Waals surface area contributed by atoms with Crippen molar-refractivity contribution in [3.63, 3.8) is 0 Å². The fourth-order valence-corrected chi connectivity index (χ4v) is 2.63. The summed E-state index contributed by atoms with van der Waals surface area (Å²) >= 11 is 0. The molecule has 2 N–H and O–H groups in total. The van der Waals surface area contributed by atoms with E-state index in [1.165, 1.54) is 19.3 Å². The topological polar surface area (TPSA) is 45.2 Å². The highest BCUT2D eigenvalue weighted by Gasteiger charge is 2.30. The monoisotopic (exact) mass is 234 g/mol. The molecular formula is C14H22N2O. The highest BCUT2D eigenvalue weighted by molar-refractivity contribution is 5.42. The number of anilines is 1. The summed E-state index contributed by atoms with van der Waals surface area (Å²) in [5.74, 6) is 0. The van der Waals surface area contributed by atoms with Gasteiger partial charge in [-0.25, -0.2) is 0 Å². The zero-order chi connectivity index (χ0) is 12.1. The van der Waals surface area contributed by atoms with Gasteiger partial charge >= 0.3 is 0 Å². The van der Waals surface area contributed by atoms with E-state index < -0.39 is 0 Å². The highest BCUT2D eigenvalue weighted by Crippen LogP contribution is 2.35. The second-order valence-corrected chi connectivity index (χ2v) is 5.32. The van der Waals surface area contributed by atoms with Crippen molar-refractivity contribution in [2.24, 2.45) is 5.41 Å². The quantitative estimate of drug-likeness (QED) is 0.842. The Morgan fingerprint density at radius 3 is 2.71 bits per heavy atom. The molecule has 0 spiro atoms. The molecule has 1 fully saturated rings. The number of aromatic nitrogens is 1. The lowest BCUT2D eigenvalue weighted by Gasteiger charge is -2.36. The fourth-order valence-electron chi connectivity index (χ4n) is 2.63. The molecule has 17 heavy (non-hydrogen) atoms. The van der Waals surface area contributed by atoms with Crippen molar-refractivity contribution in [1.82, 2.24) is 4.98 Å². The van der Waals surface area contributed by atoms with Crippen molar-refractivity contribution in [3.05, 3.63) is 24.0 Å². The molecule has 0 atom stereocenters. The third kappa shape index (κ3) is 3.19. The van der Waals surface area contributed by atoms with Gasteiger partial charge in [0, 0.05) is 24.4 Å². The first-order valence-corrected chi connectivity index (χ1v) is 6.51. The van der Waals surface area contributed by atoms with Gasteiger partial charge in [-0.05, 0) is 31.4 Å². The summed E-state index contributed by atoms with van der Waals surface area (Å²) in [7, 11) is 0. The molecule has 0 aliphatic heterocycles. The number of nitrogens with one attached hydrogen (secondary N) is 1. The number of nitrogens with zero attached hydrogens (tertiary/aromatic N) is 1. The third-order valence-electron chi connectivity index (χ3n) is 3.79. The lowest BCUT2D eigenvalue weighted by molar-refractivity contribution is 0.0944. The smallest absolute Gasteiger partial charge is 0.0529 e. The minimum atomic E-state index is 0.0853. The minimum absolute atomic E-state index is 0.0853. The molecule has 94 valence electrons. The first-order valence-electron chi connectivity index (χ1n) is 6.51. The van der Waals surface area contributed by atoms with E-state index in [2.05, 4.69) is 16.4 Å². The molecule has 0 amide bonds. The van der Waals surface area contributed by atoms with Crippen LogP contribution in [-0.4, -0.2) is 23.2 Å². The molecule has 1 aliphatic carbocycles. The van der Waals surface area contributed by atoms with Gasteiger partial charge in [0.2, 0.25) is 0 Å². The lowest BCUT2D eigenvalue weighted by Crippen LogP contribution is -2.35. The third-order valence-corrected chi connectivity index (χ3v) is 3.79. The van der Waals surface area contributed by atoms with Crippen LogP contribution in [0, 0.1) is 12.3 Å². The van der Waals surface area contributed by atoms with Gasteiger partial charge in [-0.1, -0.05) is 19.3 Å². The SMILES string of the molecule is Cc1cncc(NCC2(CO)CCCCC2)c1. The maximum Gasteiger partial charge on any atom is 0.0529 e. The summed E-state index contributed by atoms with van der Waals surface area (Å²) in [5, 5.41) is 13.0. The maximum atomic E-state index is 9.62. The predicted molar refractivity (Wildman–Crippen MR) is 70.1 cm³/mol. The summed E-state index contributed by atoms with van der Waals surface area (Å²) in [6.07, 6.45) is 9.77. The molecule has 2 rings (SSSR count). The molecule has 0 aromatic carbocycles. The molecule has 3 nitrogen and oxygen atoms in total. The first-order chi connectivity index (χ1) is 8.24. The van der Waals surface area contributed by atoms with Crippen LogP contribution < -0.4 is 5.32 Å². The zero-order valence-corrected chi connectivity index (χ0v) is 10.6. The Hall–Kier alpha value is -1.09. The van der Waals surface area contributed by atoms with E-state index in [9.17, 15) is 5.11 Å². The van der Waals surface area contributed by atoms with E-state index in [0.29, 0.717) is 6.61 Å². The molecule has 0 bridgehead atoms. The van der Waals surface area contributed by atoms with Crippen LogP contribution in [0.15, 0.2) is 18.5 Å². The van der Waals surface area contributed by atoms with E-state index in [-0.39, 0.29) is 5.41 Å². The van der Waals surface area contributed by atoms with Gasteiger partial charge in [0.05, 0.1) is 12.3 Å². The Morgan fingerprint density at radius 2 is 2.06 bits per heavy atom. The normalized spacial score (nSPS) is 18.9. The lowest BCUT2D eigenvalue weighted by atomic mass is 9.74. The van der Waals surface area contributed by atoms with Crippen LogP contribution in [0.1, 0.15) is 37.7 Å². The summed E-state index contributed by atoms with van der Waals surface area (Å²) in [5.41, 5.74) is 2.31. The zero-order valence-electron chi connectivity index (χ0n) is 10.6. The Balaban J connectivity index is 1.95. The van der Waals surface area contributed by atoms with Crippen LogP contribution in [0.5, 0.6) is 0 Å². The largest absolute Gasteiger partial charge is 0.396 e. The summed E-state index contributed by atoms with van der Waals surface area (Å²) in [6, 6.07) is 2.10. The van der Waals surface area contributed by atoms with Gasteiger partial charge in [-0.2, -0.15) is 0 Å². The van der Waals surface area contributed by atoms with Gasteiger partial charge in [0.25, 0.3) is 0 Å². The highest BCUT2D eigenvalue weighted by atomic mass is 16.3. The van der Waals surface area contributed by atoms with Gasteiger partial charge in [-0.15, -0.1) is 0 Å². The molecule has 1 saturated carbocycles. The second-order valence-electron chi connectivity index (χ2n) is 5.32. The Morgan fingerprint density at radius 1 is 1.29 bits per heavy atom. The Kier molecular flexibility index (Phi) is 4.00. The van der Waals surface area contributed by atoms with Crippen LogP contribution in [0.3, 0.4) is 0 Å². The number of hydrogen-bond donors (Lipinski definition) is 2. The van der Waals surface area contributed by atoms with Gasteiger partial charge in [0.1, 0.15) is 0 Å². The van der Waals surface area contributed by atoms with Crippen molar-refractivity contribution in [2.75, 3.05) is 18.5 Å². The average Bonchev–Trinajstić information content (AvgIpc) is 2.38. The van der Waals surface area contributed by atoms with Gasteiger partial charge in [-0.3, -0.25) is 4.98 Å². The molecule has 1 heterocycles. The van der Waals surface area contributed by atoms with E-state index in [0.717, 1.165) is 30.6 Å². The van der Waals surface area contributed by atoms with Crippen LogP contribution in [0.4, 0.5) is 5.69 Å². The number of rotatable bonds is 4. The van der Waals surface area contributed by atoms with Crippen LogP contribution in [-0.2, 0) is 0 Å². The molecule has 1 aromatic rings. The van der Waals surface area contributed by atoms with Crippen molar-refractivity contribution in [3.8, 4) is 0 Å². The number of hydrogen-bond acceptors (Lipinski definition) is 3. The number of aliphatic hydroxyl groups is 1. The number of pyridine rings is 1. The van der Waals surface area contributed by atoms with Crippen molar-refractivity contribution in [1.29, 1.82) is 0 Å². The average molecular weight is 234 g/mol. The van der Waals surface area contributed by atoms with Crippen molar-refractivity contribution >= 4 is 5.69 Å². The molecular weight excluding hydrogens is 212 g/mol. The van der Waals surface area contributed by atoms with Crippen LogP contribution in [0.25, 0.3) is 0 Å². The standard InChI is InChI=1S/C14H22N2O/c1-12-7-13(9-15-8-12)16-10-14(11-17)5-3-2-4-6-14/h7-9,16-17H,2-6,10-11H2,1H3. The molecule has 1 aliphatic rings. The molecule has 0 unspecified atom stereocenters. The maximum absolute atomic E-state index is 9.62. The van der Waals surface area contributed by atoms with E-state index in [4.69, 9.17) is 0 Å². The number of aliphatic hydroxyl groups excluding tert-OH is 1. The summed E-state index contributed by atoms with van der Waals surface area (Å²) in [4.78, 5) is 4.17. The molecule has 0 radical (unpaired) electrons. The molecule has 3 heteroatoms. The Bertz CT molecular complexity index is 359. The van der Waals surface area contributed by atoms with Crippen LogP contribution >= 0.6 is 0 Å². The van der Waals surface area contributed by atoms with Crippen molar-refractivity contribution in [2.45, 2.75) is 39.0 Å². The van der Waals surface area contributed by atoms with E-state index >= 15 is 0 Å². The fraction of sp³-hybridized carbons (Fsp3) is 0.643. The summed E-state index contributed by atoms with van der Waals surface area (Å²) in [6.45, 7) is 3.19. The second kappa shape index (κ2) is 5.50. The summed E-state index contributed by atoms with van der Waals surface area (Å²) < 4.78 is 0. The van der Waals surface area contributed by atoms with Crippen molar-refractivity contribution < 1.29 is 5.11 Å². The van der Waals surface area contributed by atoms with E-state index in [1.54, 1.807) is 0 Å². The van der Waals surface area contributed by atoms with E-state index in [1.807, 2.05) is 19.3 Å². The molecule has 0 saturated heterocycles. The van der Waals surface area contributed by atoms with Gasteiger partial charge < -0.3 is 10.4 Å². The first kappa shape index (κ1) is 12.4. The Labute approximate surface area is 103 Å².